The molecular weight excluding hydrogens is 240 g/mol. The van der Waals surface area contributed by atoms with Crippen molar-refractivity contribution in [2.24, 2.45) is 5.92 Å². The van der Waals surface area contributed by atoms with Gasteiger partial charge in [-0.2, -0.15) is 0 Å². The molecule has 3 saturated heterocycles. The largest absolute Gasteiger partial charge is 0.458 e. The quantitative estimate of drug-likeness (QED) is 0.632. The lowest BCUT2D eigenvalue weighted by molar-refractivity contribution is -0.218. The lowest BCUT2D eigenvalue weighted by Crippen LogP contribution is -2.62. The van der Waals surface area contributed by atoms with E-state index in [4.69, 9.17) is 18.9 Å². The van der Waals surface area contributed by atoms with Crippen LogP contribution in [-0.4, -0.2) is 42.1 Å². The standard InChI is InChI=1S/C12H16O6/c1-5(13)15-7-4-6-8-10(9(7)16-11(6)14)18-12(2,3)17-8/h6-10H,4H2,1-3H3/t6-,7-,8-,9+,10-/m0/s1. The van der Waals surface area contributed by atoms with Gasteiger partial charge in [0.05, 0.1) is 5.92 Å². The molecule has 1 aliphatic carbocycles. The van der Waals surface area contributed by atoms with E-state index in [1.165, 1.54) is 6.92 Å². The van der Waals surface area contributed by atoms with Crippen LogP contribution >= 0.6 is 0 Å². The molecule has 0 aromatic heterocycles. The fraction of sp³-hybridized carbons (Fsp3) is 0.833. The number of carbonyl (C=O) groups excluding carboxylic acids is 2. The second-order valence-corrected chi connectivity index (χ2v) is 5.46. The molecular formula is C12H16O6. The average Bonchev–Trinajstić information content (AvgIpc) is 2.55. The predicted molar refractivity (Wildman–Crippen MR) is 57.4 cm³/mol. The van der Waals surface area contributed by atoms with Gasteiger partial charge in [-0.25, -0.2) is 0 Å². The molecule has 6 nitrogen and oxygen atoms in total. The molecule has 100 valence electrons. The van der Waals surface area contributed by atoms with E-state index >= 15 is 0 Å². The third-order valence-electron chi connectivity index (χ3n) is 3.61. The average molecular weight is 256 g/mol. The molecule has 3 aliphatic heterocycles. The second-order valence-electron chi connectivity index (χ2n) is 5.46. The Bertz CT molecular complexity index is 403. The zero-order valence-corrected chi connectivity index (χ0v) is 10.5. The van der Waals surface area contributed by atoms with E-state index < -0.39 is 23.9 Å². The molecule has 4 rings (SSSR count). The smallest absolute Gasteiger partial charge is 0.312 e. The maximum atomic E-state index is 11.7. The molecule has 5 atom stereocenters. The van der Waals surface area contributed by atoms with Crippen LogP contribution in [0.4, 0.5) is 0 Å². The van der Waals surface area contributed by atoms with Crippen LogP contribution in [0.1, 0.15) is 27.2 Å². The van der Waals surface area contributed by atoms with Crippen LogP contribution in [0.2, 0.25) is 0 Å². The van der Waals surface area contributed by atoms with E-state index in [1.54, 1.807) is 13.8 Å². The Balaban J connectivity index is 1.86. The van der Waals surface area contributed by atoms with E-state index in [2.05, 4.69) is 0 Å². The van der Waals surface area contributed by atoms with Gasteiger partial charge in [-0.3, -0.25) is 9.59 Å². The van der Waals surface area contributed by atoms with E-state index in [0.717, 1.165) is 0 Å². The zero-order valence-electron chi connectivity index (χ0n) is 10.5. The molecule has 4 aliphatic rings. The van der Waals surface area contributed by atoms with E-state index in [0.29, 0.717) is 6.42 Å². The van der Waals surface area contributed by atoms with Gasteiger partial charge in [0.15, 0.2) is 11.9 Å². The number of hydrogen-bond acceptors (Lipinski definition) is 6. The highest BCUT2D eigenvalue weighted by Crippen LogP contribution is 2.46. The summed E-state index contributed by atoms with van der Waals surface area (Å²) >= 11 is 0. The Morgan fingerprint density at radius 3 is 2.61 bits per heavy atom. The Kier molecular flexibility index (Phi) is 2.44. The van der Waals surface area contributed by atoms with Crippen molar-refractivity contribution in [1.82, 2.24) is 0 Å². The second kappa shape index (κ2) is 3.68. The minimum absolute atomic E-state index is 0.286. The van der Waals surface area contributed by atoms with E-state index in [9.17, 15) is 9.59 Å². The van der Waals surface area contributed by atoms with Gasteiger partial charge in [-0.1, -0.05) is 0 Å². The predicted octanol–water partition coefficient (Wildman–Crippen LogP) is 0.383. The van der Waals surface area contributed by atoms with Gasteiger partial charge in [0.25, 0.3) is 0 Å². The maximum absolute atomic E-state index is 11.7. The van der Waals surface area contributed by atoms with Crippen LogP contribution in [0.25, 0.3) is 0 Å². The summed E-state index contributed by atoms with van der Waals surface area (Å²) in [5, 5.41) is 0. The Morgan fingerprint density at radius 2 is 1.94 bits per heavy atom. The summed E-state index contributed by atoms with van der Waals surface area (Å²) in [5.74, 6) is -1.80. The van der Waals surface area contributed by atoms with Gasteiger partial charge in [0.1, 0.15) is 18.3 Å². The molecule has 0 N–H and O–H groups in total. The molecule has 0 unspecified atom stereocenters. The third-order valence-corrected chi connectivity index (χ3v) is 3.61. The summed E-state index contributed by atoms with van der Waals surface area (Å²) in [6.45, 7) is 4.95. The monoisotopic (exact) mass is 256 g/mol. The zero-order chi connectivity index (χ0) is 13.1. The first kappa shape index (κ1) is 11.9. The molecule has 4 fully saturated rings. The molecule has 3 heterocycles. The summed E-state index contributed by atoms with van der Waals surface area (Å²) < 4.78 is 22.0. The maximum Gasteiger partial charge on any atom is 0.312 e. The van der Waals surface area contributed by atoms with Gasteiger partial charge in [0.2, 0.25) is 0 Å². The summed E-state index contributed by atoms with van der Waals surface area (Å²) in [5.41, 5.74) is 0. The molecule has 0 radical (unpaired) electrons. The molecule has 6 heteroatoms. The first-order chi connectivity index (χ1) is 8.37. The number of carbonyl (C=O) groups is 2. The van der Waals surface area contributed by atoms with Gasteiger partial charge < -0.3 is 18.9 Å². The van der Waals surface area contributed by atoms with Crippen molar-refractivity contribution in [2.75, 3.05) is 0 Å². The third kappa shape index (κ3) is 1.71. The van der Waals surface area contributed by atoms with Crippen molar-refractivity contribution < 1.29 is 28.5 Å². The first-order valence-corrected chi connectivity index (χ1v) is 6.11. The van der Waals surface area contributed by atoms with Crippen LogP contribution < -0.4 is 0 Å². The first-order valence-electron chi connectivity index (χ1n) is 6.11. The molecule has 0 aromatic rings. The van der Waals surface area contributed by atoms with E-state index in [-0.39, 0.29) is 24.1 Å². The SMILES string of the molecule is CC(=O)O[C@H]1C[C@@H]2C(=O)O[C@H]1[C@H]1OC(C)(C)O[C@H]12. The van der Waals surface area contributed by atoms with Crippen molar-refractivity contribution in [3.63, 3.8) is 0 Å². The molecule has 18 heavy (non-hydrogen) atoms. The summed E-state index contributed by atoms with van der Waals surface area (Å²) in [6, 6.07) is 0. The molecule has 0 aromatic carbocycles. The van der Waals surface area contributed by atoms with Crippen LogP contribution in [-0.2, 0) is 28.5 Å². The van der Waals surface area contributed by atoms with Crippen LogP contribution in [0.15, 0.2) is 0 Å². The summed E-state index contributed by atoms with van der Waals surface area (Å²) in [6.07, 6.45) is -1.18. The fourth-order valence-electron chi connectivity index (χ4n) is 3.04. The van der Waals surface area contributed by atoms with Crippen LogP contribution in [0, 0.1) is 5.92 Å². The van der Waals surface area contributed by atoms with Crippen molar-refractivity contribution in [1.29, 1.82) is 0 Å². The lowest BCUT2D eigenvalue weighted by atomic mass is 9.78. The van der Waals surface area contributed by atoms with Gasteiger partial charge in [0, 0.05) is 13.3 Å². The van der Waals surface area contributed by atoms with Crippen molar-refractivity contribution in [3.05, 3.63) is 0 Å². The highest BCUT2D eigenvalue weighted by molar-refractivity contribution is 5.76. The molecule has 1 saturated carbocycles. The lowest BCUT2D eigenvalue weighted by Gasteiger charge is -2.45. The van der Waals surface area contributed by atoms with Crippen molar-refractivity contribution >= 4 is 11.9 Å². The summed E-state index contributed by atoms with van der Waals surface area (Å²) in [7, 11) is 0. The number of ether oxygens (including phenoxy) is 4. The highest BCUT2D eigenvalue weighted by atomic mass is 16.8. The topological polar surface area (TPSA) is 71.1 Å². The van der Waals surface area contributed by atoms with Gasteiger partial charge in [-0.05, 0) is 13.8 Å². The van der Waals surface area contributed by atoms with Crippen LogP contribution in [0.5, 0.6) is 0 Å². The minimum atomic E-state index is -0.731. The molecule has 2 bridgehead atoms. The highest BCUT2D eigenvalue weighted by Gasteiger charge is 2.62. The van der Waals surface area contributed by atoms with E-state index in [1.807, 2.05) is 0 Å². The van der Waals surface area contributed by atoms with Crippen molar-refractivity contribution in [2.45, 2.75) is 57.4 Å². The Labute approximate surface area is 105 Å². The minimum Gasteiger partial charge on any atom is -0.458 e. The van der Waals surface area contributed by atoms with Gasteiger partial charge in [-0.15, -0.1) is 0 Å². The normalized spacial score (nSPS) is 44.4. The van der Waals surface area contributed by atoms with Crippen LogP contribution in [0.3, 0.4) is 0 Å². The Morgan fingerprint density at radius 1 is 1.28 bits per heavy atom. The summed E-state index contributed by atoms with van der Waals surface area (Å²) in [4.78, 5) is 22.8. The van der Waals surface area contributed by atoms with Gasteiger partial charge >= 0.3 is 11.9 Å². The number of esters is 2. The number of hydrogen-bond donors (Lipinski definition) is 0. The number of fused-ring (bicyclic) bond motifs is 2. The molecule has 0 spiro atoms. The Hall–Kier alpha value is -1.14. The van der Waals surface area contributed by atoms with Crippen molar-refractivity contribution in [3.8, 4) is 0 Å². The number of rotatable bonds is 1. The molecule has 0 amide bonds. The fourth-order valence-corrected chi connectivity index (χ4v) is 3.04.